The minimum atomic E-state index is -0.965. The van der Waals surface area contributed by atoms with Crippen LogP contribution in [0.1, 0.15) is 58.4 Å². The van der Waals surface area contributed by atoms with E-state index in [1.165, 1.54) is 13.2 Å². The molecule has 5 aliphatic heterocycles. The zero-order chi connectivity index (χ0) is 39.8. The van der Waals surface area contributed by atoms with Gasteiger partial charge in [0, 0.05) is 13.0 Å². The number of methoxy groups -OCH3 is 1. The molecule has 0 saturated carbocycles. The molecule has 0 aliphatic carbocycles. The number of fused-ring (bicyclic) bond motifs is 7. The second kappa shape index (κ2) is 14.6. The van der Waals surface area contributed by atoms with Gasteiger partial charge in [-0.05, 0) is 53.0 Å². The molecule has 4 saturated heterocycles. The van der Waals surface area contributed by atoms with Gasteiger partial charge in [-0.25, -0.2) is 9.18 Å². The number of hydrogen-bond acceptors (Lipinski definition) is 11. The van der Waals surface area contributed by atoms with Gasteiger partial charge in [0.15, 0.2) is 0 Å². The number of rotatable bonds is 7. The van der Waals surface area contributed by atoms with Crippen LogP contribution in [0.5, 0.6) is 17.6 Å². The molecule has 2 aromatic carbocycles. The van der Waals surface area contributed by atoms with Crippen LogP contribution in [0, 0.1) is 21.0 Å². The van der Waals surface area contributed by atoms with E-state index in [0.717, 1.165) is 25.8 Å². The van der Waals surface area contributed by atoms with Gasteiger partial charge in [-0.15, -0.1) is 0 Å². The van der Waals surface area contributed by atoms with Gasteiger partial charge in [-0.1, -0.05) is 0 Å². The second-order valence-corrected chi connectivity index (χ2v) is 17.6. The van der Waals surface area contributed by atoms with Gasteiger partial charge in [0.25, 0.3) is 0 Å². The molecule has 16 heteroatoms. The molecule has 1 amide bonds. The zero-order valence-corrected chi connectivity index (χ0v) is 36.7. The van der Waals surface area contributed by atoms with Crippen molar-refractivity contribution >= 4 is 59.4 Å². The first kappa shape index (κ1) is 38.4. The molecule has 4 aromatic rings. The average Bonchev–Trinajstić information content (AvgIpc) is 3.78. The predicted molar refractivity (Wildman–Crippen MR) is 205 cm³/mol. The normalized spacial score (nSPS) is 25.1. The summed E-state index contributed by atoms with van der Waals surface area (Å²) in [5.41, 5.74) is -1.11. The Kier molecular flexibility index (Phi) is 9.83. The molecule has 0 N–H and O–H groups in total. The summed E-state index contributed by atoms with van der Waals surface area (Å²) in [4.78, 5) is 34.1. The van der Waals surface area contributed by atoms with Crippen LogP contribution in [-0.2, 0) is 9.47 Å². The molecule has 12 nitrogen and oxygen atoms in total. The number of alkyl halides is 1. The van der Waals surface area contributed by atoms with E-state index in [1.807, 2.05) is 25.7 Å². The van der Waals surface area contributed by atoms with Crippen LogP contribution in [0.4, 0.5) is 23.8 Å². The van der Waals surface area contributed by atoms with Gasteiger partial charge < -0.3 is 4.74 Å². The van der Waals surface area contributed by atoms with Crippen molar-refractivity contribution in [2.45, 2.75) is 88.3 Å². The monoisotopic (exact) mass is 976 g/mol. The van der Waals surface area contributed by atoms with Crippen LogP contribution in [0.25, 0.3) is 32.9 Å². The van der Waals surface area contributed by atoms with E-state index < -0.39 is 41.1 Å². The summed E-state index contributed by atoms with van der Waals surface area (Å²) in [5.74, 6) is 2.38. The van der Waals surface area contributed by atoms with E-state index in [4.69, 9.17) is 38.6 Å². The Morgan fingerprint density at radius 2 is 1.93 bits per heavy atom. The number of carbonyl (C=O) groups is 1. The number of piperazine rings is 1. The van der Waals surface area contributed by atoms with Crippen molar-refractivity contribution in [1.82, 2.24) is 24.8 Å². The van der Waals surface area contributed by atoms with Crippen molar-refractivity contribution in [3.63, 3.8) is 0 Å². The van der Waals surface area contributed by atoms with Crippen LogP contribution < -0.4 is 19.1 Å². The van der Waals surface area contributed by atoms with Crippen LogP contribution in [-0.4, -0.2) is 139 Å². The van der Waals surface area contributed by atoms with Crippen LogP contribution in [0.15, 0.2) is 24.3 Å². The third kappa shape index (κ3) is 6.68. The number of ether oxygens (including phenoxy) is 5. The Balaban J connectivity index is 1.22. The summed E-state index contributed by atoms with van der Waals surface area (Å²) in [5, 5.41) is 1.17. The van der Waals surface area contributed by atoms with Gasteiger partial charge in [0.05, 0.1) is 11.6 Å². The number of hydrogen-bond donors (Lipinski definition) is 0. The van der Waals surface area contributed by atoms with Crippen LogP contribution in [0.3, 0.4) is 0 Å². The third-order valence-corrected chi connectivity index (χ3v) is 12.4. The molecule has 57 heavy (non-hydrogen) atoms. The standard InChI is InChI=1S/C41H42F3N6O6.Tl/c1-6-26-28(43)10-8-22-14-25(55-21-52-5)15-27(31(22)26)34-33(44)35-32-36(47-38(46-35)54-20-41-12-7-13-48(41)17-23(42)16-41)49-18-24-9-11-29(30(49)19-53-37(32)45-34)50(24)39(51)56-40(2,3)4;/h8,10,14-15,23-24,29-30H,7,9,11-13,16-21H2,2-5H3;/t23-,24-,29+,30+,41-;/m0./s1. The van der Waals surface area contributed by atoms with Gasteiger partial charge in [0.2, 0.25) is 0 Å². The summed E-state index contributed by atoms with van der Waals surface area (Å²) in [6.07, 6.45) is 2.11. The number of halogens is 3. The van der Waals surface area contributed by atoms with Crippen molar-refractivity contribution in [3.05, 3.63) is 41.5 Å². The number of aromatic nitrogens is 3. The van der Waals surface area contributed by atoms with E-state index >= 15 is 8.78 Å². The SMILES string of the molecule is COCOc1cc(-c2nc3c4c(nc(OC[C@@]56CCCN5C[C@@H](F)C6)nc4c2F)N2C[C@@H]4CC[C@H]([C@H]2CO3)N4C(=O)OC(C)(C)C)c2c(C#[C][Tl])c(F)ccc2c1. The molecule has 0 unspecified atom stereocenters. The first-order valence-electron chi connectivity index (χ1n) is 19.3. The maximum atomic E-state index is 17.6. The fourth-order valence-electron chi connectivity index (χ4n) is 9.56. The quantitative estimate of drug-likeness (QED) is 0.126. The number of carbonyl (C=O) groups excluding carboxylic acids is 1. The van der Waals surface area contributed by atoms with E-state index in [-0.39, 0.29) is 97.5 Å². The Morgan fingerprint density at radius 3 is 2.72 bits per heavy atom. The molecule has 0 radical (unpaired) electrons. The topological polar surface area (TPSA) is 112 Å². The number of nitrogens with zero attached hydrogens (tertiary/aromatic N) is 6. The minimum absolute atomic E-state index is 0.0674. The number of pyridine rings is 1. The van der Waals surface area contributed by atoms with Crippen molar-refractivity contribution in [2.75, 3.05) is 51.7 Å². The maximum absolute atomic E-state index is 17.6. The predicted octanol–water partition coefficient (Wildman–Crippen LogP) is 5.89. The summed E-state index contributed by atoms with van der Waals surface area (Å²) in [7, 11) is 1.49. The molecular formula is C41H42F3N6O6Tl. The van der Waals surface area contributed by atoms with Gasteiger partial charge in [0.1, 0.15) is 11.8 Å². The Morgan fingerprint density at radius 1 is 1.09 bits per heavy atom. The third-order valence-electron chi connectivity index (χ3n) is 11.8. The van der Waals surface area contributed by atoms with E-state index in [2.05, 4.69) is 19.2 Å². The number of amides is 1. The fourth-order valence-corrected chi connectivity index (χ4v) is 10.1. The molecular weight excluding hydrogens is 934 g/mol. The summed E-state index contributed by atoms with van der Waals surface area (Å²) in [6.45, 7) is 7.17. The molecule has 2 bridgehead atoms. The van der Waals surface area contributed by atoms with Crippen molar-refractivity contribution < 1.29 is 41.7 Å². The zero-order valence-electron chi connectivity index (χ0n) is 32.2. The van der Waals surface area contributed by atoms with Crippen molar-refractivity contribution in [1.29, 1.82) is 0 Å². The van der Waals surface area contributed by atoms with Crippen LogP contribution in [0.2, 0.25) is 0 Å². The number of benzene rings is 2. The summed E-state index contributed by atoms with van der Waals surface area (Å²) < 4.78 is 80.7. The molecule has 7 heterocycles. The van der Waals surface area contributed by atoms with Gasteiger partial charge >= 0.3 is 232 Å². The molecule has 296 valence electrons. The van der Waals surface area contributed by atoms with Gasteiger partial charge in [-0.3, -0.25) is 9.80 Å². The fraction of sp³-hybridized carbons (Fsp3) is 0.512. The van der Waals surface area contributed by atoms with Crippen LogP contribution >= 0.6 is 0 Å². The molecule has 9 rings (SSSR count). The summed E-state index contributed by atoms with van der Waals surface area (Å²) in [6, 6.07) is 5.26. The first-order valence-corrected chi connectivity index (χ1v) is 21.6. The first-order chi connectivity index (χ1) is 27.4. The molecule has 0 spiro atoms. The molecule has 4 fully saturated rings. The molecule has 5 aliphatic rings. The molecule has 2 aromatic heterocycles. The van der Waals surface area contributed by atoms with E-state index in [0.29, 0.717) is 48.3 Å². The average molecular weight is 976 g/mol. The number of anilines is 1. The Bertz CT molecular complexity index is 2350. The van der Waals surface area contributed by atoms with E-state index in [9.17, 15) is 9.18 Å². The van der Waals surface area contributed by atoms with E-state index in [1.54, 1.807) is 18.2 Å². The van der Waals surface area contributed by atoms with Gasteiger partial charge in [-0.2, -0.15) is 0 Å². The Hall–Kier alpha value is -4.15. The Labute approximate surface area is 344 Å². The van der Waals surface area contributed by atoms with Crippen molar-refractivity contribution in [2.24, 2.45) is 0 Å². The van der Waals surface area contributed by atoms with Crippen molar-refractivity contribution in [3.8, 4) is 38.3 Å². The molecule has 5 atom stereocenters. The second-order valence-electron chi connectivity index (χ2n) is 16.5. The summed E-state index contributed by atoms with van der Waals surface area (Å²) >= 11 is 0.263.